The van der Waals surface area contributed by atoms with Gasteiger partial charge in [-0.15, -0.1) is 0 Å². The van der Waals surface area contributed by atoms with E-state index in [-0.39, 0.29) is 5.82 Å². The highest BCUT2D eigenvalue weighted by atomic mass is 14.6. The molecule has 1 unspecified atom stereocenters. The zero-order chi connectivity index (χ0) is 8.85. The van der Waals surface area contributed by atoms with Gasteiger partial charge in [-0.3, -0.25) is 0 Å². The Hall–Kier alpha value is -0.855. The van der Waals surface area contributed by atoms with Gasteiger partial charge in [0.05, 0.1) is 7.85 Å². The molecule has 2 nitrogen and oxygen atoms in total. The molecule has 0 aromatic carbocycles. The van der Waals surface area contributed by atoms with E-state index in [0.29, 0.717) is 5.70 Å². The van der Waals surface area contributed by atoms with Gasteiger partial charge in [0.2, 0.25) is 0 Å². The number of rotatable bonds is 3. The van der Waals surface area contributed by atoms with Gasteiger partial charge in [-0.05, 0) is 24.4 Å². The smallest absolute Gasteiger partial charge is 0.0779 e. The van der Waals surface area contributed by atoms with Crippen molar-refractivity contribution in [2.24, 2.45) is 11.5 Å². The minimum absolute atomic E-state index is 0.101. The first-order chi connectivity index (χ1) is 5.07. The molecule has 0 amide bonds. The second-order valence-electron chi connectivity index (χ2n) is 2.55. The second-order valence-corrected chi connectivity index (χ2v) is 2.55. The molecule has 0 fully saturated rings. The van der Waals surface area contributed by atoms with Crippen LogP contribution in [0.3, 0.4) is 0 Å². The molecule has 60 valence electrons. The molecule has 0 aliphatic carbocycles. The highest BCUT2D eigenvalue weighted by Crippen LogP contribution is 2.05. The number of nitrogens with two attached hydrogens (primary N) is 2. The summed E-state index contributed by atoms with van der Waals surface area (Å²) in [6.45, 7) is 3.82. The predicted molar refractivity (Wildman–Crippen MR) is 50.0 cm³/mol. The lowest BCUT2D eigenvalue weighted by molar-refractivity contribution is 1.04. The van der Waals surface area contributed by atoms with Crippen LogP contribution in [-0.2, 0) is 0 Å². The van der Waals surface area contributed by atoms with Crippen molar-refractivity contribution in [1.29, 1.82) is 0 Å². The van der Waals surface area contributed by atoms with Crippen molar-refractivity contribution in [2.45, 2.75) is 26.1 Å². The maximum absolute atomic E-state index is 5.56. The van der Waals surface area contributed by atoms with E-state index in [0.717, 1.165) is 12.1 Å². The lowest BCUT2D eigenvalue weighted by Gasteiger charge is -2.02. The first kappa shape index (κ1) is 10.1. The van der Waals surface area contributed by atoms with Crippen molar-refractivity contribution < 1.29 is 0 Å². The van der Waals surface area contributed by atoms with E-state index < -0.39 is 0 Å². The van der Waals surface area contributed by atoms with Crippen molar-refractivity contribution in [1.82, 2.24) is 0 Å². The molecule has 0 aromatic heterocycles. The highest BCUT2D eigenvalue weighted by molar-refractivity contribution is 6.13. The van der Waals surface area contributed by atoms with E-state index in [1.165, 1.54) is 0 Å². The van der Waals surface area contributed by atoms with Crippen molar-refractivity contribution in [3.63, 3.8) is 0 Å². The maximum Gasteiger partial charge on any atom is 0.0779 e. The van der Waals surface area contributed by atoms with Gasteiger partial charge in [0.1, 0.15) is 0 Å². The summed E-state index contributed by atoms with van der Waals surface area (Å²) in [5, 5.41) is 0. The van der Waals surface area contributed by atoms with E-state index in [2.05, 4.69) is 0 Å². The Morgan fingerprint density at radius 2 is 2.00 bits per heavy atom. The Kier molecular flexibility index (Phi) is 4.50. The van der Waals surface area contributed by atoms with Crippen LogP contribution in [0.2, 0.25) is 5.82 Å². The summed E-state index contributed by atoms with van der Waals surface area (Å²) < 4.78 is 0. The molecule has 0 aliphatic rings. The Morgan fingerprint density at radius 1 is 1.45 bits per heavy atom. The van der Waals surface area contributed by atoms with Crippen LogP contribution in [0.15, 0.2) is 23.5 Å². The molecule has 3 heteroatoms. The van der Waals surface area contributed by atoms with Gasteiger partial charge in [-0.1, -0.05) is 13.8 Å². The Bertz CT molecular complexity index is 171. The summed E-state index contributed by atoms with van der Waals surface area (Å²) >= 11 is 0. The molecule has 0 aliphatic heterocycles. The third-order valence-corrected chi connectivity index (χ3v) is 1.42. The van der Waals surface area contributed by atoms with Gasteiger partial charge in [0.15, 0.2) is 0 Å². The molecule has 0 bridgehead atoms. The van der Waals surface area contributed by atoms with Crippen molar-refractivity contribution in [3.8, 4) is 0 Å². The van der Waals surface area contributed by atoms with E-state index in [4.69, 9.17) is 19.3 Å². The molecule has 0 saturated carbocycles. The maximum atomic E-state index is 5.56. The molecule has 0 heterocycles. The van der Waals surface area contributed by atoms with Crippen molar-refractivity contribution in [3.05, 3.63) is 23.5 Å². The van der Waals surface area contributed by atoms with Crippen LogP contribution in [-0.4, -0.2) is 7.85 Å². The SMILES string of the molecule is [B]C(C)/C(N)=C\C=C(\N)CC. The summed E-state index contributed by atoms with van der Waals surface area (Å²) in [5.41, 5.74) is 12.6. The standard InChI is InChI=1S/C8H15BN2/c1-3-7(10)4-5-8(11)6(2)9/h4-6H,3,10-11H2,1-2H3/b7-4+,8-5+. The van der Waals surface area contributed by atoms with Gasteiger partial charge >= 0.3 is 0 Å². The van der Waals surface area contributed by atoms with E-state index >= 15 is 0 Å². The topological polar surface area (TPSA) is 52.0 Å². The van der Waals surface area contributed by atoms with E-state index in [1.807, 2.05) is 13.8 Å². The van der Waals surface area contributed by atoms with Crippen molar-refractivity contribution >= 4 is 7.85 Å². The van der Waals surface area contributed by atoms with Crippen LogP contribution in [0.25, 0.3) is 0 Å². The van der Waals surface area contributed by atoms with Gasteiger partial charge in [0.25, 0.3) is 0 Å². The third kappa shape index (κ3) is 4.54. The molecule has 4 N–H and O–H groups in total. The quantitative estimate of drug-likeness (QED) is 0.466. The molecule has 0 rings (SSSR count). The fourth-order valence-corrected chi connectivity index (χ4v) is 0.473. The minimum atomic E-state index is -0.101. The first-order valence-corrected chi connectivity index (χ1v) is 3.75. The van der Waals surface area contributed by atoms with Crippen LogP contribution in [0.5, 0.6) is 0 Å². The summed E-state index contributed by atoms with van der Waals surface area (Å²) in [6, 6.07) is 0. The van der Waals surface area contributed by atoms with Crippen LogP contribution in [0, 0.1) is 0 Å². The Balaban J connectivity index is 4.11. The molecular formula is C8H15BN2. The van der Waals surface area contributed by atoms with Crippen LogP contribution in [0.1, 0.15) is 20.3 Å². The molecule has 1 atom stereocenters. The van der Waals surface area contributed by atoms with Gasteiger partial charge < -0.3 is 11.5 Å². The molecular weight excluding hydrogens is 135 g/mol. The monoisotopic (exact) mass is 150 g/mol. The average Bonchev–Trinajstić information content (AvgIpc) is 1.99. The fraction of sp³-hybridized carbons (Fsp3) is 0.500. The molecule has 2 radical (unpaired) electrons. The lowest BCUT2D eigenvalue weighted by Crippen LogP contribution is -2.03. The third-order valence-electron chi connectivity index (χ3n) is 1.42. The van der Waals surface area contributed by atoms with E-state index in [9.17, 15) is 0 Å². The lowest BCUT2D eigenvalue weighted by atomic mass is 9.86. The van der Waals surface area contributed by atoms with Crippen LogP contribution in [0.4, 0.5) is 0 Å². The Labute approximate surface area is 69.7 Å². The summed E-state index contributed by atoms with van der Waals surface area (Å²) in [4.78, 5) is 0. The number of hydrogen-bond acceptors (Lipinski definition) is 2. The largest absolute Gasteiger partial charge is 0.402 e. The van der Waals surface area contributed by atoms with Gasteiger partial charge in [-0.25, -0.2) is 0 Å². The van der Waals surface area contributed by atoms with Gasteiger partial charge in [-0.2, -0.15) is 0 Å². The van der Waals surface area contributed by atoms with Gasteiger partial charge in [0, 0.05) is 11.4 Å². The molecule has 0 spiro atoms. The average molecular weight is 150 g/mol. The van der Waals surface area contributed by atoms with Crippen LogP contribution >= 0.6 is 0 Å². The highest BCUT2D eigenvalue weighted by Gasteiger charge is 1.93. The zero-order valence-corrected chi connectivity index (χ0v) is 7.17. The minimum Gasteiger partial charge on any atom is -0.402 e. The first-order valence-electron chi connectivity index (χ1n) is 3.75. The number of allylic oxidation sites excluding steroid dienone is 4. The van der Waals surface area contributed by atoms with E-state index in [1.54, 1.807) is 12.2 Å². The van der Waals surface area contributed by atoms with Crippen molar-refractivity contribution in [2.75, 3.05) is 0 Å². The predicted octanol–water partition coefficient (Wildman–Crippen LogP) is 1.06. The second kappa shape index (κ2) is 4.88. The molecule has 11 heavy (non-hydrogen) atoms. The van der Waals surface area contributed by atoms with Crippen LogP contribution < -0.4 is 11.5 Å². The summed E-state index contributed by atoms with van der Waals surface area (Å²) in [5.74, 6) is -0.101. The fourth-order valence-electron chi connectivity index (χ4n) is 0.473. The normalized spacial score (nSPS) is 16.5. The zero-order valence-electron chi connectivity index (χ0n) is 7.17. The molecule has 0 saturated heterocycles. The Morgan fingerprint density at radius 3 is 2.36 bits per heavy atom. The number of hydrogen-bond donors (Lipinski definition) is 2. The molecule has 0 aromatic rings. The summed E-state index contributed by atoms with van der Waals surface area (Å²) in [6.07, 6.45) is 4.38. The summed E-state index contributed by atoms with van der Waals surface area (Å²) in [7, 11) is 5.50.